The fourth-order valence-corrected chi connectivity index (χ4v) is 5.34. The monoisotopic (exact) mass is 480 g/mol. The van der Waals surface area contributed by atoms with Gasteiger partial charge in [0.05, 0.1) is 18.7 Å². The maximum atomic E-state index is 13.8. The number of hydrogen-bond donors (Lipinski definition) is 2. The minimum absolute atomic E-state index is 0.110. The van der Waals surface area contributed by atoms with Crippen molar-refractivity contribution in [2.45, 2.75) is 51.3 Å². The highest BCUT2D eigenvalue weighted by Crippen LogP contribution is 2.40. The van der Waals surface area contributed by atoms with Crippen molar-refractivity contribution >= 4 is 10.9 Å². The van der Waals surface area contributed by atoms with Crippen molar-refractivity contribution in [3.05, 3.63) is 71.4 Å². The SMILES string of the molecule is COc1ccc2ncc(CF)c(C(O)CCC3(CO)CCN(CCCc4ccccc4)CC3)c2c1. The molecule has 2 heterocycles. The minimum atomic E-state index is -0.828. The van der Waals surface area contributed by atoms with Gasteiger partial charge >= 0.3 is 0 Å². The van der Waals surface area contributed by atoms with Crippen molar-refractivity contribution in [2.24, 2.45) is 5.41 Å². The Labute approximate surface area is 207 Å². The van der Waals surface area contributed by atoms with E-state index in [-0.39, 0.29) is 12.0 Å². The number of aliphatic hydroxyl groups is 2. The van der Waals surface area contributed by atoms with Gasteiger partial charge in [-0.05, 0) is 92.9 Å². The maximum absolute atomic E-state index is 13.8. The van der Waals surface area contributed by atoms with E-state index in [0.717, 1.165) is 50.7 Å². The standard InChI is InChI=1S/C29H37FN2O3/c1-35-24-9-10-26-25(18-24)28(23(19-30)20-31-26)27(34)11-12-29(21-33)13-16-32(17-14-29)15-5-8-22-6-3-2-4-7-22/h2-4,6-7,9-10,18,20,27,33-34H,5,8,11-17,19,21H2,1H3. The number of piperidine rings is 1. The number of pyridine rings is 1. The molecular weight excluding hydrogens is 443 g/mol. The van der Waals surface area contributed by atoms with Gasteiger partial charge in [-0.2, -0.15) is 0 Å². The Morgan fingerprint density at radius 3 is 2.60 bits per heavy atom. The molecule has 35 heavy (non-hydrogen) atoms. The van der Waals surface area contributed by atoms with Gasteiger partial charge in [0.2, 0.25) is 0 Å². The molecule has 2 N–H and O–H groups in total. The number of likely N-dealkylation sites (tertiary alicyclic amines) is 1. The second-order valence-corrected chi connectivity index (χ2v) is 9.86. The van der Waals surface area contributed by atoms with Gasteiger partial charge in [-0.15, -0.1) is 0 Å². The molecule has 1 atom stereocenters. The molecular formula is C29H37FN2O3. The molecule has 3 aromatic rings. The van der Waals surface area contributed by atoms with Crippen LogP contribution in [0.4, 0.5) is 4.39 Å². The number of methoxy groups -OCH3 is 1. The zero-order chi connectivity index (χ0) is 24.7. The highest BCUT2D eigenvalue weighted by atomic mass is 19.1. The lowest BCUT2D eigenvalue weighted by molar-refractivity contribution is 0.0233. The Morgan fingerprint density at radius 2 is 1.91 bits per heavy atom. The lowest BCUT2D eigenvalue weighted by Crippen LogP contribution is -2.42. The van der Waals surface area contributed by atoms with E-state index in [0.29, 0.717) is 35.2 Å². The normalized spacial score (nSPS) is 16.9. The Kier molecular flexibility index (Phi) is 8.71. The van der Waals surface area contributed by atoms with Crippen LogP contribution in [-0.2, 0) is 13.1 Å². The van der Waals surface area contributed by atoms with Crippen molar-refractivity contribution in [1.29, 1.82) is 0 Å². The van der Waals surface area contributed by atoms with Crippen molar-refractivity contribution in [3.63, 3.8) is 0 Å². The lowest BCUT2D eigenvalue weighted by Gasteiger charge is -2.41. The largest absolute Gasteiger partial charge is 0.497 e. The number of aryl methyl sites for hydroxylation is 1. The van der Waals surface area contributed by atoms with Gasteiger partial charge in [-0.1, -0.05) is 30.3 Å². The summed E-state index contributed by atoms with van der Waals surface area (Å²) in [6, 6.07) is 16.0. The summed E-state index contributed by atoms with van der Waals surface area (Å²) in [5.74, 6) is 0.648. The van der Waals surface area contributed by atoms with E-state index in [1.54, 1.807) is 7.11 Å². The molecule has 2 aromatic carbocycles. The molecule has 0 saturated carbocycles. The van der Waals surface area contributed by atoms with Crippen molar-refractivity contribution < 1.29 is 19.3 Å². The molecule has 1 aromatic heterocycles. The Morgan fingerprint density at radius 1 is 1.14 bits per heavy atom. The molecule has 0 radical (unpaired) electrons. The van der Waals surface area contributed by atoms with Crippen LogP contribution in [0.1, 0.15) is 54.9 Å². The molecule has 0 bridgehead atoms. The van der Waals surface area contributed by atoms with E-state index in [2.05, 4.69) is 34.1 Å². The molecule has 1 fully saturated rings. The molecule has 0 amide bonds. The first-order valence-corrected chi connectivity index (χ1v) is 12.6. The predicted octanol–water partition coefficient (Wildman–Crippen LogP) is 5.23. The lowest BCUT2D eigenvalue weighted by atomic mass is 9.74. The maximum Gasteiger partial charge on any atom is 0.119 e. The first-order chi connectivity index (χ1) is 17.1. The molecule has 4 rings (SSSR count). The van der Waals surface area contributed by atoms with Crippen LogP contribution >= 0.6 is 0 Å². The third-order valence-electron chi connectivity index (χ3n) is 7.66. The third kappa shape index (κ3) is 6.18. The number of aromatic nitrogens is 1. The zero-order valence-corrected chi connectivity index (χ0v) is 20.6. The zero-order valence-electron chi connectivity index (χ0n) is 20.6. The van der Waals surface area contributed by atoms with Gasteiger partial charge in [0.1, 0.15) is 12.4 Å². The summed E-state index contributed by atoms with van der Waals surface area (Å²) in [4.78, 5) is 6.83. The van der Waals surface area contributed by atoms with E-state index in [1.807, 2.05) is 24.3 Å². The van der Waals surface area contributed by atoms with Crippen LogP contribution in [0.25, 0.3) is 10.9 Å². The van der Waals surface area contributed by atoms with Gasteiger partial charge in [0.25, 0.3) is 0 Å². The number of fused-ring (bicyclic) bond motifs is 1. The molecule has 1 aliphatic rings. The Bertz CT molecular complexity index is 1080. The van der Waals surface area contributed by atoms with Crippen LogP contribution in [0.2, 0.25) is 0 Å². The minimum Gasteiger partial charge on any atom is -0.497 e. The topological polar surface area (TPSA) is 65.8 Å². The molecule has 1 unspecified atom stereocenters. The van der Waals surface area contributed by atoms with Crippen molar-refractivity contribution in [1.82, 2.24) is 9.88 Å². The molecule has 1 saturated heterocycles. The van der Waals surface area contributed by atoms with E-state index in [1.165, 1.54) is 11.8 Å². The van der Waals surface area contributed by atoms with Gasteiger partial charge in [-0.25, -0.2) is 4.39 Å². The molecule has 5 nitrogen and oxygen atoms in total. The molecule has 188 valence electrons. The smallest absolute Gasteiger partial charge is 0.119 e. The van der Waals surface area contributed by atoms with E-state index < -0.39 is 12.8 Å². The van der Waals surface area contributed by atoms with Gasteiger partial charge in [-0.3, -0.25) is 4.98 Å². The van der Waals surface area contributed by atoms with Crippen molar-refractivity contribution in [3.8, 4) is 5.75 Å². The van der Waals surface area contributed by atoms with Crippen LogP contribution in [0.15, 0.2) is 54.7 Å². The summed E-state index contributed by atoms with van der Waals surface area (Å²) in [6.07, 6.45) is 5.87. The van der Waals surface area contributed by atoms with E-state index >= 15 is 0 Å². The van der Waals surface area contributed by atoms with E-state index in [9.17, 15) is 14.6 Å². The van der Waals surface area contributed by atoms with Crippen LogP contribution in [0, 0.1) is 5.41 Å². The molecule has 6 heteroatoms. The third-order valence-corrected chi connectivity index (χ3v) is 7.66. The van der Waals surface area contributed by atoms with Gasteiger partial charge < -0.3 is 19.8 Å². The second kappa shape index (κ2) is 11.9. The highest BCUT2D eigenvalue weighted by Gasteiger charge is 2.34. The quantitative estimate of drug-likeness (QED) is 0.393. The number of rotatable bonds is 11. The van der Waals surface area contributed by atoms with Gasteiger partial charge in [0, 0.05) is 23.8 Å². The van der Waals surface area contributed by atoms with Crippen molar-refractivity contribution in [2.75, 3.05) is 33.4 Å². The van der Waals surface area contributed by atoms with E-state index in [4.69, 9.17) is 4.74 Å². The summed E-state index contributed by atoms with van der Waals surface area (Å²) in [5.41, 5.74) is 2.87. The van der Waals surface area contributed by atoms with Crippen LogP contribution < -0.4 is 4.74 Å². The second-order valence-electron chi connectivity index (χ2n) is 9.86. The number of aliphatic hydroxyl groups excluding tert-OH is 2. The number of halogens is 1. The molecule has 0 spiro atoms. The molecule has 1 aliphatic heterocycles. The number of alkyl halides is 1. The number of hydrogen-bond acceptors (Lipinski definition) is 5. The number of nitrogens with zero attached hydrogens (tertiary/aromatic N) is 2. The predicted molar refractivity (Wildman–Crippen MR) is 137 cm³/mol. The summed E-state index contributed by atoms with van der Waals surface area (Å²) < 4.78 is 19.2. The fourth-order valence-electron chi connectivity index (χ4n) is 5.34. The summed E-state index contributed by atoms with van der Waals surface area (Å²) >= 11 is 0. The summed E-state index contributed by atoms with van der Waals surface area (Å²) in [5, 5.41) is 22.2. The fraction of sp³-hybridized carbons (Fsp3) is 0.483. The van der Waals surface area contributed by atoms with Gasteiger partial charge in [0.15, 0.2) is 0 Å². The number of benzene rings is 2. The number of ether oxygens (including phenoxy) is 1. The first-order valence-electron chi connectivity index (χ1n) is 12.6. The van der Waals surface area contributed by atoms with Crippen LogP contribution in [0.3, 0.4) is 0 Å². The average Bonchev–Trinajstić information content (AvgIpc) is 2.92. The Hall–Kier alpha value is -2.54. The first kappa shape index (κ1) is 25.5. The summed E-state index contributed by atoms with van der Waals surface area (Å²) in [7, 11) is 1.59. The van der Waals surface area contributed by atoms with Crippen LogP contribution in [-0.4, -0.2) is 53.4 Å². The average molecular weight is 481 g/mol. The van der Waals surface area contributed by atoms with Crippen LogP contribution in [0.5, 0.6) is 5.75 Å². The highest BCUT2D eigenvalue weighted by molar-refractivity contribution is 5.85. The summed E-state index contributed by atoms with van der Waals surface area (Å²) in [6.45, 7) is 2.39. The molecule has 0 aliphatic carbocycles. The Balaban J connectivity index is 1.36.